The van der Waals surface area contributed by atoms with E-state index in [4.69, 9.17) is 5.73 Å². The van der Waals surface area contributed by atoms with Gasteiger partial charge in [-0.05, 0) is 38.8 Å². The Balaban J connectivity index is 2.26. The fraction of sp³-hybridized carbons (Fsp3) is 1.00. The van der Waals surface area contributed by atoms with Crippen molar-refractivity contribution in [2.24, 2.45) is 11.7 Å². The molecule has 0 amide bonds. The van der Waals surface area contributed by atoms with Crippen LogP contribution < -0.4 is 11.1 Å². The maximum absolute atomic E-state index is 6.04. The summed E-state index contributed by atoms with van der Waals surface area (Å²) in [4.78, 5) is 0. The van der Waals surface area contributed by atoms with Crippen molar-refractivity contribution in [3.05, 3.63) is 0 Å². The second-order valence-corrected chi connectivity index (χ2v) is 5.44. The molecule has 1 saturated heterocycles. The molecule has 0 aromatic rings. The van der Waals surface area contributed by atoms with E-state index in [9.17, 15) is 0 Å². The van der Waals surface area contributed by atoms with Gasteiger partial charge in [-0.3, -0.25) is 0 Å². The third kappa shape index (κ3) is 6.49. The van der Waals surface area contributed by atoms with Gasteiger partial charge < -0.3 is 11.1 Å². The van der Waals surface area contributed by atoms with Crippen molar-refractivity contribution in [2.75, 3.05) is 13.1 Å². The molecular formula is C14H30N2. The molecule has 1 fully saturated rings. The van der Waals surface area contributed by atoms with Crippen LogP contribution >= 0.6 is 0 Å². The summed E-state index contributed by atoms with van der Waals surface area (Å²) in [5, 5.41) is 3.58. The summed E-state index contributed by atoms with van der Waals surface area (Å²) in [5.74, 6) is 0.681. The van der Waals surface area contributed by atoms with Crippen molar-refractivity contribution in [1.29, 1.82) is 0 Å². The van der Waals surface area contributed by atoms with Crippen LogP contribution in [0.5, 0.6) is 0 Å². The molecule has 2 atom stereocenters. The van der Waals surface area contributed by atoms with Crippen LogP contribution in [0.25, 0.3) is 0 Å². The van der Waals surface area contributed by atoms with Gasteiger partial charge >= 0.3 is 0 Å². The summed E-state index contributed by atoms with van der Waals surface area (Å²) < 4.78 is 0. The standard InChI is InChI=1S/C14H30N2/c1-13(15)14-10-8-6-4-2-3-5-7-9-11-16-12-14/h13-14,16H,2-12,15H2,1H3. The highest BCUT2D eigenvalue weighted by Gasteiger charge is 2.12. The van der Waals surface area contributed by atoms with Gasteiger partial charge in [-0.2, -0.15) is 0 Å². The first kappa shape index (κ1) is 14.0. The molecule has 0 aromatic carbocycles. The molecule has 0 aromatic heterocycles. The first-order chi connectivity index (χ1) is 7.80. The van der Waals surface area contributed by atoms with E-state index in [2.05, 4.69) is 12.2 Å². The van der Waals surface area contributed by atoms with Gasteiger partial charge in [0.25, 0.3) is 0 Å². The van der Waals surface area contributed by atoms with Crippen molar-refractivity contribution >= 4 is 0 Å². The lowest BCUT2D eigenvalue weighted by atomic mass is 9.94. The van der Waals surface area contributed by atoms with E-state index < -0.39 is 0 Å². The van der Waals surface area contributed by atoms with Gasteiger partial charge in [-0.15, -0.1) is 0 Å². The molecule has 0 saturated carbocycles. The maximum atomic E-state index is 6.04. The topological polar surface area (TPSA) is 38.0 Å². The van der Waals surface area contributed by atoms with Crippen LogP contribution in [0.15, 0.2) is 0 Å². The Bertz CT molecular complexity index is 143. The highest BCUT2D eigenvalue weighted by Crippen LogP contribution is 2.15. The molecule has 3 N–H and O–H groups in total. The van der Waals surface area contributed by atoms with Gasteiger partial charge in [-0.25, -0.2) is 0 Å². The van der Waals surface area contributed by atoms with Crippen LogP contribution in [0.4, 0.5) is 0 Å². The Kier molecular flexibility index (Phi) is 7.87. The molecule has 0 bridgehead atoms. The van der Waals surface area contributed by atoms with Crippen molar-refractivity contribution in [3.8, 4) is 0 Å². The average Bonchev–Trinajstić information content (AvgIpc) is 2.28. The van der Waals surface area contributed by atoms with Crippen molar-refractivity contribution in [3.63, 3.8) is 0 Å². The van der Waals surface area contributed by atoms with E-state index >= 15 is 0 Å². The largest absolute Gasteiger partial charge is 0.328 e. The second kappa shape index (κ2) is 9.00. The lowest BCUT2D eigenvalue weighted by Gasteiger charge is -2.21. The van der Waals surface area contributed by atoms with Crippen LogP contribution in [0, 0.1) is 5.92 Å². The third-order valence-electron chi connectivity index (χ3n) is 3.83. The Hall–Kier alpha value is -0.0800. The van der Waals surface area contributed by atoms with Gasteiger partial charge in [-0.1, -0.05) is 44.9 Å². The summed E-state index contributed by atoms with van der Waals surface area (Å²) >= 11 is 0. The Morgan fingerprint density at radius 1 is 0.938 bits per heavy atom. The molecule has 0 aliphatic carbocycles. The van der Waals surface area contributed by atoms with Crippen molar-refractivity contribution in [2.45, 2.75) is 70.8 Å². The zero-order chi connectivity index (χ0) is 11.6. The molecule has 2 unspecified atom stereocenters. The second-order valence-electron chi connectivity index (χ2n) is 5.44. The Morgan fingerprint density at radius 2 is 1.50 bits per heavy atom. The zero-order valence-electron chi connectivity index (χ0n) is 11.0. The fourth-order valence-corrected chi connectivity index (χ4v) is 2.56. The minimum Gasteiger partial charge on any atom is -0.328 e. The number of nitrogens with two attached hydrogens (primary N) is 1. The smallest absolute Gasteiger partial charge is 0.00508 e. The molecule has 2 heteroatoms. The number of hydrogen-bond donors (Lipinski definition) is 2. The predicted octanol–water partition coefficient (Wildman–Crippen LogP) is 3.06. The quantitative estimate of drug-likeness (QED) is 0.721. The normalized spacial score (nSPS) is 28.5. The molecule has 16 heavy (non-hydrogen) atoms. The van der Waals surface area contributed by atoms with E-state index in [1.807, 2.05) is 0 Å². The van der Waals surface area contributed by atoms with E-state index in [1.54, 1.807) is 0 Å². The predicted molar refractivity (Wildman–Crippen MR) is 71.6 cm³/mol. The van der Waals surface area contributed by atoms with Gasteiger partial charge in [0.05, 0.1) is 0 Å². The molecule has 2 nitrogen and oxygen atoms in total. The summed E-state index contributed by atoms with van der Waals surface area (Å²) in [7, 11) is 0. The van der Waals surface area contributed by atoms with Crippen LogP contribution in [-0.4, -0.2) is 19.1 Å². The van der Waals surface area contributed by atoms with E-state index in [-0.39, 0.29) is 0 Å². The first-order valence-electron chi connectivity index (χ1n) is 7.27. The maximum Gasteiger partial charge on any atom is 0.00508 e. The average molecular weight is 226 g/mol. The minimum absolute atomic E-state index is 0.345. The van der Waals surface area contributed by atoms with E-state index in [1.165, 1.54) is 64.3 Å². The van der Waals surface area contributed by atoms with Crippen LogP contribution in [0.3, 0.4) is 0 Å². The number of rotatable bonds is 1. The molecule has 0 radical (unpaired) electrons. The van der Waals surface area contributed by atoms with Crippen molar-refractivity contribution in [1.82, 2.24) is 5.32 Å². The molecule has 96 valence electrons. The zero-order valence-corrected chi connectivity index (χ0v) is 11.0. The lowest BCUT2D eigenvalue weighted by Crippen LogP contribution is -2.35. The highest BCUT2D eigenvalue weighted by atomic mass is 14.9. The minimum atomic E-state index is 0.345. The molecule has 1 heterocycles. The SMILES string of the molecule is CC(N)C1CCCCCCCCCCNC1. The summed E-state index contributed by atoms with van der Waals surface area (Å²) in [5.41, 5.74) is 6.04. The van der Waals surface area contributed by atoms with Crippen LogP contribution in [0.1, 0.15) is 64.7 Å². The number of nitrogens with one attached hydrogen (secondary N) is 1. The van der Waals surface area contributed by atoms with Gasteiger partial charge in [0.15, 0.2) is 0 Å². The third-order valence-corrected chi connectivity index (χ3v) is 3.83. The highest BCUT2D eigenvalue weighted by molar-refractivity contribution is 4.71. The summed E-state index contributed by atoms with van der Waals surface area (Å²) in [6.07, 6.45) is 12.6. The Morgan fingerprint density at radius 3 is 2.12 bits per heavy atom. The molecular weight excluding hydrogens is 196 g/mol. The van der Waals surface area contributed by atoms with Crippen LogP contribution in [-0.2, 0) is 0 Å². The molecule has 1 aliphatic rings. The molecule has 1 rings (SSSR count). The lowest BCUT2D eigenvalue weighted by molar-refractivity contribution is 0.372. The van der Waals surface area contributed by atoms with Gasteiger partial charge in [0, 0.05) is 6.04 Å². The molecule has 0 spiro atoms. The van der Waals surface area contributed by atoms with E-state index in [0.29, 0.717) is 12.0 Å². The summed E-state index contributed by atoms with van der Waals surface area (Å²) in [6.45, 7) is 4.46. The Labute approximate surface area is 101 Å². The van der Waals surface area contributed by atoms with Crippen LogP contribution in [0.2, 0.25) is 0 Å². The fourth-order valence-electron chi connectivity index (χ4n) is 2.56. The monoisotopic (exact) mass is 226 g/mol. The first-order valence-corrected chi connectivity index (χ1v) is 7.27. The van der Waals surface area contributed by atoms with Crippen molar-refractivity contribution < 1.29 is 0 Å². The summed E-state index contributed by atoms with van der Waals surface area (Å²) in [6, 6.07) is 0.345. The van der Waals surface area contributed by atoms with Gasteiger partial charge in [0.1, 0.15) is 0 Å². The van der Waals surface area contributed by atoms with E-state index in [0.717, 1.165) is 6.54 Å². The number of hydrogen-bond acceptors (Lipinski definition) is 2. The molecule has 1 aliphatic heterocycles. The van der Waals surface area contributed by atoms with Gasteiger partial charge in [0.2, 0.25) is 0 Å².